The number of carbonyl (C=O) groups is 1. The SMILES string of the molecule is CCc1ccc(Oc2c(C(F)(F)F)oc3cc(OC(=O)c4ccc(OC)c(OC)c4)ccc3c2=O)cc1. The first-order valence-corrected chi connectivity index (χ1v) is 11.0. The van der Waals surface area contributed by atoms with Crippen LogP contribution in [0.4, 0.5) is 13.2 Å². The molecule has 0 aliphatic heterocycles. The molecule has 10 heteroatoms. The van der Waals surface area contributed by atoms with E-state index in [9.17, 15) is 22.8 Å². The zero-order valence-corrected chi connectivity index (χ0v) is 20.0. The van der Waals surface area contributed by atoms with Gasteiger partial charge in [0, 0.05) is 6.07 Å². The van der Waals surface area contributed by atoms with E-state index in [2.05, 4.69) is 0 Å². The Morgan fingerprint density at radius 2 is 1.57 bits per heavy atom. The maximum atomic E-state index is 13.8. The largest absolute Gasteiger partial charge is 0.493 e. The van der Waals surface area contributed by atoms with Gasteiger partial charge in [-0.25, -0.2) is 4.79 Å². The number of aryl methyl sites for hydroxylation is 1. The Morgan fingerprint density at radius 3 is 2.19 bits per heavy atom. The minimum Gasteiger partial charge on any atom is -0.493 e. The van der Waals surface area contributed by atoms with E-state index in [1.807, 2.05) is 6.92 Å². The molecule has 0 saturated heterocycles. The minimum absolute atomic E-state index is 0.0508. The van der Waals surface area contributed by atoms with Crippen LogP contribution < -0.4 is 24.4 Å². The molecule has 0 aliphatic carbocycles. The van der Waals surface area contributed by atoms with Crippen LogP contribution in [0.25, 0.3) is 11.0 Å². The summed E-state index contributed by atoms with van der Waals surface area (Å²) in [5.74, 6) is -2.80. The van der Waals surface area contributed by atoms with Crippen molar-refractivity contribution in [2.45, 2.75) is 19.5 Å². The molecule has 192 valence electrons. The van der Waals surface area contributed by atoms with Crippen LogP contribution in [0.3, 0.4) is 0 Å². The van der Waals surface area contributed by atoms with Crippen LogP contribution in [0, 0.1) is 0 Å². The lowest BCUT2D eigenvalue weighted by atomic mass is 10.1. The normalized spacial score (nSPS) is 11.3. The second-order valence-corrected chi connectivity index (χ2v) is 7.80. The molecule has 0 aliphatic rings. The van der Waals surface area contributed by atoms with Gasteiger partial charge in [-0.05, 0) is 54.4 Å². The first-order valence-electron chi connectivity index (χ1n) is 11.0. The predicted molar refractivity (Wildman–Crippen MR) is 128 cm³/mol. The van der Waals surface area contributed by atoms with Gasteiger partial charge in [-0.2, -0.15) is 13.2 Å². The Morgan fingerprint density at radius 1 is 0.892 bits per heavy atom. The van der Waals surface area contributed by atoms with Crippen LogP contribution >= 0.6 is 0 Å². The highest BCUT2D eigenvalue weighted by Crippen LogP contribution is 2.39. The maximum Gasteiger partial charge on any atom is 0.453 e. The van der Waals surface area contributed by atoms with E-state index in [1.165, 1.54) is 56.7 Å². The molecule has 0 fully saturated rings. The fourth-order valence-corrected chi connectivity index (χ4v) is 3.54. The van der Waals surface area contributed by atoms with Crippen LogP contribution in [0.5, 0.6) is 28.7 Å². The zero-order chi connectivity index (χ0) is 26.7. The Hall–Kier alpha value is -4.47. The Kier molecular flexibility index (Phi) is 7.10. The molecule has 4 rings (SSSR count). The average molecular weight is 514 g/mol. The van der Waals surface area contributed by atoms with E-state index >= 15 is 0 Å². The van der Waals surface area contributed by atoms with E-state index in [-0.39, 0.29) is 28.2 Å². The maximum absolute atomic E-state index is 13.8. The number of hydrogen-bond acceptors (Lipinski definition) is 7. The highest BCUT2D eigenvalue weighted by atomic mass is 19.4. The molecule has 3 aromatic carbocycles. The van der Waals surface area contributed by atoms with E-state index in [0.29, 0.717) is 5.75 Å². The lowest BCUT2D eigenvalue weighted by molar-refractivity contribution is -0.154. The Bertz CT molecular complexity index is 1510. The molecule has 1 aromatic heterocycles. The molecular weight excluding hydrogens is 493 g/mol. The molecule has 7 nitrogen and oxygen atoms in total. The Labute approximate surface area is 208 Å². The van der Waals surface area contributed by atoms with Crippen molar-refractivity contribution in [1.82, 2.24) is 0 Å². The molecule has 0 spiro atoms. The predicted octanol–water partition coefficient (Wildman–Crippen LogP) is 6.40. The molecular formula is C27H21F3O7. The number of halogens is 3. The number of hydrogen-bond donors (Lipinski definition) is 0. The molecule has 0 atom stereocenters. The number of alkyl halides is 3. The standard InChI is InChI=1S/C27H21F3O7/c1-4-15-5-8-17(9-6-15)35-24-23(31)19-11-10-18(14-21(19)37-25(24)27(28,29)30)36-26(32)16-7-12-20(33-2)22(13-16)34-3/h5-14H,4H2,1-3H3. The fourth-order valence-electron chi connectivity index (χ4n) is 3.54. The van der Waals surface area contributed by atoms with Gasteiger partial charge in [0.25, 0.3) is 5.76 Å². The first-order chi connectivity index (χ1) is 17.6. The van der Waals surface area contributed by atoms with Crippen molar-refractivity contribution < 1.29 is 41.3 Å². The van der Waals surface area contributed by atoms with Gasteiger partial charge in [0.2, 0.25) is 11.2 Å². The van der Waals surface area contributed by atoms with Crippen molar-refractivity contribution in [3.8, 4) is 28.7 Å². The van der Waals surface area contributed by atoms with Gasteiger partial charge in [0.1, 0.15) is 17.1 Å². The molecule has 1 heterocycles. The quantitative estimate of drug-likeness (QED) is 0.208. The topological polar surface area (TPSA) is 84.2 Å². The first kappa shape index (κ1) is 25.6. The smallest absolute Gasteiger partial charge is 0.453 e. The summed E-state index contributed by atoms with van der Waals surface area (Å²) in [6.45, 7) is 1.93. The van der Waals surface area contributed by atoms with Crippen molar-refractivity contribution >= 4 is 16.9 Å². The third-order valence-corrected chi connectivity index (χ3v) is 5.46. The lowest BCUT2D eigenvalue weighted by Crippen LogP contribution is -2.15. The molecule has 0 N–H and O–H groups in total. The lowest BCUT2D eigenvalue weighted by Gasteiger charge is -2.14. The highest BCUT2D eigenvalue weighted by molar-refractivity contribution is 5.92. The molecule has 4 aromatic rings. The van der Waals surface area contributed by atoms with Crippen LogP contribution in [-0.2, 0) is 12.6 Å². The third-order valence-electron chi connectivity index (χ3n) is 5.46. The van der Waals surface area contributed by atoms with Crippen molar-refractivity contribution in [3.05, 3.63) is 87.8 Å². The summed E-state index contributed by atoms with van der Waals surface area (Å²) in [5, 5.41) is -0.181. The highest BCUT2D eigenvalue weighted by Gasteiger charge is 2.40. The summed E-state index contributed by atoms with van der Waals surface area (Å²) in [5.41, 5.74) is -0.397. The van der Waals surface area contributed by atoms with Crippen LogP contribution in [0.15, 0.2) is 69.9 Å². The van der Waals surface area contributed by atoms with Gasteiger partial charge in [-0.15, -0.1) is 0 Å². The van der Waals surface area contributed by atoms with Crippen LogP contribution in [-0.4, -0.2) is 20.2 Å². The monoisotopic (exact) mass is 514 g/mol. The summed E-state index contributed by atoms with van der Waals surface area (Å²) in [6, 6.07) is 14.1. The number of ether oxygens (including phenoxy) is 4. The van der Waals surface area contributed by atoms with E-state index in [4.69, 9.17) is 23.4 Å². The van der Waals surface area contributed by atoms with Gasteiger partial charge < -0.3 is 23.4 Å². The van der Waals surface area contributed by atoms with Gasteiger partial charge in [-0.3, -0.25) is 4.79 Å². The van der Waals surface area contributed by atoms with Gasteiger partial charge in [-0.1, -0.05) is 19.1 Å². The number of benzene rings is 3. The van der Waals surface area contributed by atoms with Gasteiger partial charge in [0.15, 0.2) is 11.5 Å². The van der Waals surface area contributed by atoms with Gasteiger partial charge >= 0.3 is 12.1 Å². The molecule has 0 unspecified atom stereocenters. The van der Waals surface area contributed by atoms with E-state index in [1.54, 1.807) is 12.1 Å². The molecule has 0 saturated carbocycles. The molecule has 37 heavy (non-hydrogen) atoms. The summed E-state index contributed by atoms with van der Waals surface area (Å²) in [6.07, 6.45) is -4.30. The summed E-state index contributed by atoms with van der Waals surface area (Å²) in [7, 11) is 2.83. The van der Waals surface area contributed by atoms with E-state index < -0.39 is 34.7 Å². The van der Waals surface area contributed by atoms with E-state index in [0.717, 1.165) is 18.1 Å². The number of carbonyl (C=O) groups excluding carboxylic acids is 1. The number of rotatable bonds is 7. The molecule has 0 radical (unpaired) electrons. The van der Waals surface area contributed by atoms with Crippen LogP contribution in [0.1, 0.15) is 28.6 Å². The number of esters is 1. The van der Waals surface area contributed by atoms with Crippen molar-refractivity contribution in [1.29, 1.82) is 0 Å². The summed E-state index contributed by atoms with van der Waals surface area (Å²) in [4.78, 5) is 25.6. The summed E-state index contributed by atoms with van der Waals surface area (Å²) >= 11 is 0. The summed E-state index contributed by atoms with van der Waals surface area (Å²) < 4.78 is 67.4. The van der Waals surface area contributed by atoms with Gasteiger partial charge in [0.05, 0.1) is 25.2 Å². The fraction of sp³-hybridized carbons (Fsp3) is 0.185. The van der Waals surface area contributed by atoms with Crippen molar-refractivity contribution in [2.24, 2.45) is 0 Å². The molecule has 0 amide bonds. The molecule has 0 bridgehead atoms. The minimum atomic E-state index is -5.03. The van der Waals surface area contributed by atoms with Crippen molar-refractivity contribution in [3.63, 3.8) is 0 Å². The number of fused-ring (bicyclic) bond motifs is 1. The zero-order valence-electron chi connectivity index (χ0n) is 20.0. The second kappa shape index (κ2) is 10.3. The number of methoxy groups -OCH3 is 2. The Balaban J connectivity index is 1.70. The average Bonchev–Trinajstić information content (AvgIpc) is 2.89. The second-order valence-electron chi connectivity index (χ2n) is 7.80. The van der Waals surface area contributed by atoms with Crippen LogP contribution in [0.2, 0.25) is 0 Å². The third kappa shape index (κ3) is 5.37. The van der Waals surface area contributed by atoms with Crippen molar-refractivity contribution in [2.75, 3.05) is 14.2 Å².